The predicted molar refractivity (Wildman–Crippen MR) is 52.2 cm³/mol. The highest BCUT2D eigenvalue weighted by Gasteiger charge is 2.38. The number of unbranched alkanes of at least 4 members (excludes halogenated alkanes) is 2. The Bertz CT molecular complexity index is 322. The van der Waals surface area contributed by atoms with Crippen molar-refractivity contribution in [3.63, 3.8) is 0 Å². The van der Waals surface area contributed by atoms with Gasteiger partial charge >= 0.3 is 18.3 Å². The van der Waals surface area contributed by atoms with Crippen molar-refractivity contribution >= 4 is 17.9 Å². The first-order valence-corrected chi connectivity index (χ1v) is 4.93. The monoisotopic (exact) mass is 251 g/mol. The van der Waals surface area contributed by atoms with Crippen LogP contribution in [0.2, 0.25) is 0 Å². The van der Waals surface area contributed by atoms with Crippen LogP contribution in [-0.4, -0.2) is 35.4 Å². The second-order valence-corrected chi connectivity index (χ2v) is 3.28. The maximum Gasteiger partial charge on any atom is 0.471 e. The van der Waals surface area contributed by atoms with Crippen LogP contribution in [0.15, 0.2) is 0 Å². The molecule has 17 heavy (non-hydrogen) atoms. The van der Waals surface area contributed by atoms with E-state index < -0.39 is 12.1 Å². The average Bonchev–Trinajstić information content (AvgIpc) is 2.21. The number of Topliss-reactive ketones (excluding diaryl/α,β-unsaturated/α-hetero) is 1. The number of amides is 1. The molecule has 0 saturated carbocycles. The predicted octanol–water partition coefficient (Wildman–Crippen LogP) is 1.09. The summed E-state index contributed by atoms with van der Waals surface area (Å²) in [6.45, 7) is -0.0827. The molecule has 0 heterocycles. The van der Waals surface area contributed by atoms with Gasteiger partial charge in [-0.3, -0.25) is 9.59 Å². The van der Waals surface area contributed by atoms with Gasteiger partial charge in [0.05, 0.1) is 0 Å². The highest BCUT2D eigenvalue weighted by molar-refractivity contribution is 6.25. The van der Waals surface area contributed by atoms with E-state index in [0.29, 0.717) is 19.3 Å². The molecule has 1 amide bonds. The Balaban J connectivity index is 3.51. The molecule has 96 valence electrons. The van der Waals surface area contributed by atoms with Gasteiger partial charge < -0.3 is 10.8 Å². The molecule has 0 aromatic rings. The third-order valence-corrected chi connectivity index (χ3v) is 1.84. The molecule has 0 radical (unpaired) electrons. The van der Waals surface area contributed by atoms with Crippen molar-refractivity contribution < 1.29 is 27.6 Å². The first-order valence-electron chi connectivity index (χ1n) is 4.93. The minimum Gasteiger partial charge on any atom is -0.361 e. The first kappa shape index (κ1) is 15.3. The topological polar surface area (TPSA) is 82.6 Å². The van der Waals surface area contributed by atoms with Crippen LogP contribution in [0, 0.1) is 0 Å². The number of hydrogen-bond donors (Lipinski definition) is 1. The molecular formula is C9H12F3N3O2. The first-order chi connectivity index (χ1) is 7.88. The van der Waals surface area contributed by atoms with Gasteiger partial charge in [-0.15, -0.1) is 0 Å². The molecule has 0 unspecified atom stereocenters. The summed E-state index contributed by atoms with van der Waals surface area (Å²) in [4.78, 5) is 23.7. The zero-order valence-corrected chi connectivity index (χ0v) is 8.96. The zero-order valence-electron chi connectivity index (χ0n) is 8.96. The number of nitrogens with one attached hydrogen (secondary N) is 1. The molecule has 0 fully saturated rings. The maximum absolute atomic E-state index is 11.7. The van der Waals surface area contributed by atoms with E-state index in [1.807, 2.05) is 0 Å². The highest BCUT2D eigenvalue weighted by Crippen LogP contribution is 2.13. The van der Waals surface area contributed by atoms with Gasteiger partial charge in [0, 0.05) is 13.0 Å². The van der Waals surface area contributed by atoms with Gasteiger partial charge in [0.15, 0.2) is 0 Å². The van der Waals surface area contributed by atoms with E-state index in [1.54, 1.807) is 5.32 Å². The summed E-state index contributed by atoms with van der Waals surface area (Å²) in [5.41, 5.74) is 8.01. The summed E-state index contributed by atoms with van der Waals surface area (Å²) in [6.07, 6.45) is -2.60. The fourth-order valence-electron chi connectivity index (χ4n) is 1.03. The summed E-state index contributed by atoms with van der Waals surface area (Å²) < 4.78 is 35.2. The quantitative estimate of drug-likeness (QED) is 0.318. The second-order valence-electron chi connectivity index (χ2n) is 3.28. The van der Waals surface area contributed by atoms with E-state index >= 15 is 0 Å². The Labute approximate surface area is 95.6 Å². The molecule has 0 atom stereocenters. The maximum atomic E-state index is 11.7. The van der Waals surface area contributed by atoms with Gasteiger partial charge in [0.25, 0.3) is 0 Å². The summed E-state index contributed by atoms with van der Waals surface area (Å²) in [5.74, 6) is -2.31. The SMILES string of the molecule is [N-]=[N+]=CC(=O)CCCCCNC(=O)C(F)(F)F. The normalized spacial score (nSPS) is 10.5. The van der Waals surface area contributed by atoms with Gasteiger partial charge in [0.1, 0.15) is 0 Å². The Morgan fingerprint density at radius 1 is 1.24 bits per heavy atom. The summed E-state index contributed by atoms with van der Waals surface area (Å²) in [5, 5.41) is 1.72. The molecular weight excluding hydrogens is 239 g/mol. The fourth-order valence-corrected chi connectivity index (χ4v) is 1.03. The van der Waals surface area contributed by atoms with Crippen molar-refractivity contribution in [2.75, 3.05) is 6.54 Å². The number of carbonyl (C=O) groups excluding carboxylic acids is 2. The molecule has 0 saturated heterocycles. The molecule has 0 aliphatic heterocycles. The second kappa shape index (κ2) is 7.56. The largest absolute Gasteiger partial charge is 0.471 e. The van der Waals surface area contributed by atoms with E-state index in [0.717, 1.165) is 6.21 Å². The third kappa shape index (κ3) is 8.15. The Kier molecular flexibility index (Phi) is 6.81. The number of ketones is 1. The Morgan fingerprint density at radius 3 is 2.41 bits per heavy atom. The van der Waals surface area contributed by atoms with E-state index in [-0.39, 0.29) is 18.7 Å². The van der Waals surface area contributed by atoms with Crippen LogP contribution in [0.5, 0.6) is 0 Å². The Hall–Kier alpha value is -1.69. The van der Waals surface area contributed by atoms with Crippen LogP contribution in [-0.2, 0) is 9.59 Å². The van der Waals surface area contributed by atoms with Gasteiger partial charge in [-0.05, 0) is 12.8 Å². The lowest BCUT2D eigenvalue weighted by atomic mass is 10.1. The molecule has 0 aliphatic rings. The van der Waals surface area contributed by atoms with Crippen LogP contribution >= 0.6 is 0 Å². The third-order valence-electron chi connectivity index (χ3n) is 1.84. The zero-order chi connectivity index (χ0) is 13.3. The van der Waals surface area contributed by atoms with Crippen molar-refractivity contribution in [1.82, 2.24) is 5.32 Å². The molecule has 0 bridgehead atoms. The van der Waals surface area contributed by atoms with Gasteiger partial charge in [-0.2, -0.15) is 18.0 Å². The number of halogens is 3. The lowest BCUT2D eigenvalue weighted by Gasteiger charge is -2.06. The Morgan fingerprint density at radius 2 is 1.88 bits per heavy atom. The minimum atomic E-state index is -4.85. The highest BCUT2D eigenvalue weighted by atomic mass is 19.4. The van der Waals surface area contributed by atoms with Crippen LogP contribution in [0.4, 0.5) is 13.2 Å². The standard InChI is InChI=1S/C9H12F3N3O2/c10-9(11,12)8(17)14-5-3-1-2-4-7(16)6-15-13/h6H,1-5H2,(H,14,17). The average molecular weight is 251 g/mol. The van der Waals surface area contributed by atoms with Crippen LogP contribution in [0.25, 0.3) is 5.53 Å². The molecule has 5 nitrogen and oxygen atoms in total. The lowest BCUT2D eigenvalue weighted by molar-refractivity contribution is -0.173. The lowest BCUT2D eigenvalue weighted by Crippen LogP contribution is -2.37. The molecule has 0 aliphatic carbocycles. The van der Waals surface area contributed by atoms with Crippen LogP contribution in [0.1, 0.15) is 25.7 Å². The van der Waals surface area contributed by atoms with E-state index in [1.165, 1.54) is 0 Å². The van der Waals surface area contributed by atoms with Crippen molar-refractivity contribution in [3.8, 4) is 0 Å². The van der Waals surface area contributed by atoms with Crippen molar-refractivity contribution in [2.45, 2.75) is 31.9 Å². The smallest absolute Gasteiger partial charge is 0.361 e. The van der Waals surface area contributed by atoms with Gasteiger partial charge in [-0.1, -0.05) is 6.42 Å². The van der Waals surface area contributed by atoms with E-state index in [9.17, 15) is 22.8 Å². The number of hydrogen-bond acceptors (Lipinski definition) is 2. The van der Waals surface area contributed by atoms with E-state index in [2.05, 4.69) is 4.79 Å². The van der Waals surface area contributed by atoms with Gasteiger partial charge in [-0.25, -0.2) is 0 Å². The van der Waals surface area contributed by atoms with Crippen molar-refractivity contribution in [1.29, 1.82) is 0 Å². The molecule has 0 rings (SSSR count). The van der Waals surface area contributed by atoms with E-state index in [4.69, 9.17) is 5.53 Å². The minimum absolute atomic E-state index is 0.0827. The van der Waals surface area contributed by atoms with Crippen molar-refractivity contribution in [3.05, 3.63) is 5.53 Å². The summed E-state index contributed by atoms with van der Waals surface area (Å²) in [6, 6.07) is 0. The molecule has 0 aromatic carbocycles. The molecule has 1 N–H and O–H groups in total. The summed E-state index contributed by atoms with van der Waals surface area (Å²) in [7, 11) is 0. The number of rotatable bonds is 7. The fraction of sp³-hybridized carbons (Fsp3) is 0.667. The molecule has 8 heteroatoms. The van der Waals surface area contributed by atoms with Crippen LogP contribution < -0.4 is 5.32 Å². The van der Waals surface area contributed by atoms with Crippen molar-refractivity contribution in [2.24, 2.45) is 0 Å². The molecule has 0 spiro atoms. The number of nitrogens with zero attached hydrogens (tertiary/aromatic N) is 2. The summed E-state index contributed by atoms with van der Waals surface area (Å²) >= 11 is 0. The number of alkyl halides is 3. The van der Waals surface area contributed by atoms with Gasteiger partial charge in [0.2, 0.25) is 5.78 Å². The molecule has 0 aromatic heterocycles. The number of carbonyl (C=O) groups is 2. The van der Waals surface area contributed by atoms with Crippen LogP contribution in [0.3, 0.4) is 0 Å².